The number of Topliss-reactive ketones (excluding diaryl/α,β-unsaturated/α-hetero) is 1. The number of nitrogens with zero attached hydrogens (tertiary/aromatic N) is 3. The van der Waals surface area contributed by atoms with E-state index in [0.29, 0.717) is 6.54 Å². The van der Waals surface area contributed by atoms with E-state index >= 15 is 0 Å². The Labute approximate surface area is 126 Å². The van der Waals surface area contributed by atoms with Gasteiger partial charge in [0.25, 0.3) is 0 Å². The fraction of sp³-hybridized carbons (Fsp3) is 0.667. The first kappa shape index (κ1) is 15.6. The molecule has 20 heavy (non-hydrogen) atoms. The highest BCUT2D eigenvalue weighted by molar-refractivity contribution is 7.14. The number of rotatable bonds is 6. The van der Waals surface area contributed by atoms with Crippen molar-refractivity contribution >= 4 is 17.1 Å². The van der Waals surface area contributed by atoms with Gasteiger partial charge in [-0.1, -0.05) is 0 Å². The van der Waals surface area contributed by atoms with Gasteiger partial charge in [0.15, 0.2) is 5.78 Å². The summed E-state index contributed by atoms with van der Waals surface area (Å²) in [6, 6.07) is 3.98. The van der Waals surface area contributed by atoms with E-state index in [1.54, 1.807) is 11.3 Å². The van der Waals surface area contributed by atoms with Gasteiger partial charge in [-0.3, -0.25) is 14.6 Å². The van der Waals surface area contributed by atoms with Gasteiger partial charge in [-0.05, 0) is 33.2 Å². The third kappa shape index (κ3) is 4.66. The van der Waals surface area contributed by atoms with Crippen molar-refractivity contribution in [2.45, 2.75) is 6.92 Å². The van der Waals surface area contributed by atoms with Crippen molar-refractivity contribution < 1.29 is 4.79 Å². The highest BCUT2D eigenvalue weighted by Gasteiger charge is 2.19. The third-order valence-electron chi connectivity index (χ3n) is 3.71. The average Bonchev–Trinajstić information content (AvgIpc) is 2.85. The van der Waals surface area contributed by atoms with Crippen LogP contribution in [0.4, 0.5) is 0 Å². The molecule has 0 radical (unpaired) electrons. The maximum atomic E-state index is 12.2. The Hall–Kier alpha value is -0.750. The van der Waals surface area contributed by atoms with Crippen LogP contribution >= 0.6 is 11.3 Å². The standard InChI is InChI=1S/C15H25N3OS/c1-13-4-5-15(20-13)14(19)12-18-10-8-17(9-11-18)7-6-16(2)3/h4-5H,6-12H2,1-3H3. The van der Waals surface area contributed by atoms with Gasteiger partial charge in [-0.2, -0.15) is 0 Å². The Morgan fingerprint density at radius 2 is 1.85 bits per heavy atom. The molecule has 0 aliphatic carbocycles. The van der Waals surface area contributed by atoms with Crippen LogP contribution in [0.1, 0.15) is 14.5 Å². The fourth-order valence-electron chi connectivity index (χ4n) is 2.38. The smallest absolute Gasteiger partial charge is 0.186 e. The number of likely N-dealkylation sites (N-methyl/N-ethyl adjacent to an activating group) is 1. The van der Waals surface area contributed by atoms with Gasteiger partial charge in [-0.25, -0.2) is 0 Å². The fourth-order valence-corrected chi connectivity index (χ4v) is 3.18. The molecular weight excluding hydrogens is 270 g/mol. The molecule has 1 aliphatic rings. The first-order valence-corrected chi connectivity index (χ1v) is 8.05. The number of hydrogen-bond acceptors (Lipinski definition) is 5. The van der Waals surface area contributed by atoms with Gasteiger partial charge in [-0.15, -0.1) is 11.3 Å². The van der Waals surface area contributed by atoms with E-state index in [2.05, 4.69) is 28.8 Å². The number of hydrogen-bond donors (Lipinski definition) is 0. The molecular formula is C15H25N3OS. The van der Waals surface area contributed by atoms with E-state index in [1.165, 1.54) is 4.88 Å². The molecule has 2 heterocycles. The molecule has 1 aliphatic heterocycles. The highest BCUT2D eigenvalue weighted by Crippen LogP contribution is 2.16. The van der Waals surface area contributed by atoms with Crippen molar-refractivity contribution in [3.63, 3.8) is 0 Å². The lowest BCUT2D eigenvalue weighted by Crippen LogP contribution is -2.49. The lowest BCUT2D eigenvalue weighted by atomic mass is 10.2. The number of carbonyl (C=O) groups is 1. The van der Waals surface area contributed by atoms with Gasteiger partial charge in [0.1, 0.15) is 0 Å². The summed E-state index contributed by atoms with van der Waals surface area (Å²) in [6.07, 6.45) is 0. The number of ketones is 1. The molecule has 2 rings (SSSR count). The van der Waals surface area contributed by atoms with Crippen LogP contribution in [0.5, 0.6) is 0 Å². The van der Waals surface area contributed by atoms with Gasteiger partial charge in [0.05, 0.1) is 11.4 Å². The summed E-state index contributed by atoms with van der Waals surface area (Å²) in [5.41, 5.74) is 0. The van der Waals surface area contributed by atoms with Crippen molar-refractivity contribution in [2.24, 2.45) is 0 Å². The first-order valence-electron chi connectivity index (χ1n) is 7.23. The second kappa shape index (κ2) is 7.31. The molecule has 5 heteroatoms. The van der Waals surface area contributed by atoms with Gasteiger partial charge in [0.2, 0.25) is 0 Å². The second-order valence-corrected chi connectivity index (χ2v) is 7.04. The van der Waals surface area contributed by atoms with Crippen LogP contribution in [-0.2, 0) is 0 Å². The molecule has 0 saturated carbocycles. The van der Waals surface area contributed by atoms with Crippen LogP contribution in [0.2, 0.25) is 0 Å². The van der Waals surface area contributed by atoms with Crippen LogP contribution < -0.4 is 0 Å². The molecule has 1 aromatic rings. The molecule has 0 bridgehead atoms. The molecule has 4 nitrogen and oxygen atoms in total. The molecule has 112 valence electrons. The predicted molar refractivity (Wildman–Crippen MR) is 84.8 cm³/mol. The van der Waals surface area contributed by atoms with Crippen molar-refractivity contribution in [3.8, 4) is 0 Å². The molecule has 0 spiro atoms. The van der Waals surface area contributed by atoms with E-state index in [9.17, 15) is 4.79 Å². The highest BCUT2D eigenvalue weighted by atomic mass is 32.1. The van der Waals surface area contributed by atoms with Gasteiger partial charge >= 0.3 is 0 Å². The number of aryl methyl sites for hydroxylation is 1. The molecule has 0 unspecified atom stereocenters. The summed E-state index contributed by atoms with van der Waals surface area (Å²) in [7, 11) is 4.22. The summed E-state index contributed by atoms with van der Waals surface area (Å²) in [5.74, 6) is 0.268. The molecule has 1 saturated heterocycles. The zero-order chi connectivity index (χ0) is 14.5. The Morgan fingerprint density at radius 3 is 2.40 bits per heavy atom. The zero-order valence-corrected chi connectivity index (χ0v) is 13.6. The molecule has 0 atom stereocenters. The van der Waals surface area contributed by atoms with Crippen LogP contribution in [-0.4, -0.2) is 80.4 Å². The molecule has 1 aromatic heterocycles. The summed E-state index contributed by atoms with van der Waals surface area (Å²) in [4.78, 5) is 21.3. The zero-order valence-electron chi connectivity index (χ0n) is 12.8. The summed E-state index contributed by atoms with van der Waals surface area (Å²) < 4.78 is 0. The predicted octanol–water partition coefficient (Wildman–Crippen LogP) is 1.42. The minimum Gasteiger partial charge on any atom is -0.308 e. The summed E-state index contributed by atoms with van der Waals surface area (Å²) >= 11 is 1.60. The SMILES string of the molecule is Cc1ccc(C(=O)CN2CCN(CCN(C)C)CC2)s1. The first-order chi connectivity index (χ1) is 9.54. The summed E-state index contributed by atoms with van der Waals surface area (Å²) in [5, 5.41) is 0. The second-order valence-electron chi connectivity index (χ2n) is 5.75. The van der Waals surface area contributed by atoms with E-state index in [-0.39, 0.29) is 5.78 Å². The van der Waals surface area contributed by atoms with E-state index < -0.39 is 0 Å². The van der Waals surface area contributed by atoms with Crippen LogP contribution in [0, 0.1) is 6.92 Å². The van der Waals surface area contributed by atoms with Crippen molar-refractivity contribution in [3.05, 3.63) is 21.9 Å². The van der Waals surface area contributed by atoms with Crippen molar-refractivity contribution in [1.82, 2.24) is 14.7 Å². The lowest BCUT2D eigenvalue weighted by Gasteiger charge is -2.34. The quantitative estimate of drug-likeness (QED) is 0.742. The normalized spacial score (nSPS) is 17.8. The van der Waals surface area contributed by atoms with E-state index in [1.807, 2.05) is 19.1 Å². The van der Waals surface area contributed by atoms with Crippen LogP contribution in [0.25, 0.3) is 0 Å². The lowest BCUT2D eigenvalue weighted by molar-refractivity contribution is 0.0848. The topological polar surface area (TPSA) is 26.8 Å². The van der Waals surface area contributed by atoms with Gasteiger partial charge in [0, 0.05) is 44.1 Å². The number of thiophene rings is 1. The molecule has 0 aromatic carbocycles. The largest absolute Gasteiger partial charge is 0.308 e. The minimum absolute atomic E-state index is 0.268. The minimum atomic E-state index is 0.268. The van der Waals surface area contributed by atoms with Crippen LogP contribution in [0.3, 0.4) is 0 Å². The molecule has 1 fully saturated rings. The average molecular weight is 295 g/mol. The number of carbonyl (C=O) groups excluding carboxylic acids is 1. The van der Waals surface area contributed by atoms with E-state index in [0.717, 1.165) is 44.1 Å². The molecule has 0 N–H and O–H groups in total. The third-order valence-corrected chi connectivity index (χ3v) is 4.75. The maximum absolute atomic E-state index is 12.2. The Balaban J connectivity index is 1.73. The van der Waals surface area contributed by atoms with E-state index in [4.69, 9.17) is 0 Å². The van der Waals surface area contributed by atoms with Crippen LogP contribution in [0.15, 0.2) is 12.1 Å². The Morgan fingerprint density at radius 1 is 1.20 bits per heavy atom. The Kier molecular flexibility index (Phi) is 5.72. The number of piperazine rings is 1. The molecule has 0 amide bonds. The Bertz CT molecular complexity index is 436. The van der Waals surface area contributed by atoms with Crippen molar-refractivity contribution in [2.75, 3.05) is 59.9 Å². The van der Waals surface area contributed by atoms with Crippen molar-refractivity contribution in [1.29, 1.82) is 0 Å². The summed E-state index contributed by atoms with van der Waals surface area (Å²) in [6.45, 7) is 9.00. The monoisotopic (exact) mass is 295 g/mol. The maximum Gasteiger partial charge on any atom is 0.186 e. The van der Waals surface area contributed by atoms with Gasteiger partial charge < -0.3 is 4.90 Å².